The Morgan fingerprint density at radius 1 is 0.263 bits per heavy atom. The van der Waals surface area contributed by atoms with Gasteiger partial charge in [0.2, 0.25) is 0 Å². The Morgan fingerprint density at radius 3 is 0.605 bits per heavy atom. The molecule has 0 radical (unpaired) electrons. The molecule has 0 spiro atoms. The summed E-state index contributed by atoms with van der Waals surface area (Å²) in [4.78, 5) is 0. The fourth-order valence-corrected chi connectivity index (χ4v) is 6.88. The van der Waals surface area contributed by atoms with E-state index in [0.717, 1.165) is 0 Å². The van der Waals surface area contributed by atoms with Crippen LogP contribution in [-0.2, 0) is 0 Å². The van der Waals surface area contributed by atoms with Crippen LogP contribution >= 0.6 is 9.24 Å². The Bertz CT molecular complexity index is 357. The van der Waals surface area contributed by atoms with Crippen LogP contribution in [0.4, 0.5) is 0 Å². The molecule has 38 heavy (non-hydrogen) atoms. The third-order valence-electron chi connectivity index (χ3n) is 9.08. The molecule has 0 nitrogen and oxygen atoms in total. The molecule has 0 heterocycles. The van der Waals surface area contributed by atoms with Crippen molar-refractivity contribution in [1.29, 1.82) is 0 Å². The maximum Gasteiger partial charge on any atom is -0.0150 e. The fraction of sp³-hybridized carbons (Fsp3) is 1.00. The number of hydrogen-bond donors (Lipinski definition) is 0. The molecule has 0 amide bonds. The third-order valence-corrected chi connectivity index (χ3v) is 9.95. The van der Waals surface area contributed by atoms with Crippen molar-refractivity contribution < 1.29 is 0 Å². The molecule has 0 aliphatic carbocycles. The lowest BCUT2D eigenvalue weighted by Crippen LogP contribution is -2.20. The minimum Gasteiger partial charge on any atom is -0.131 e. The molecule has 0 aromatic heterocycles. The molecule has 0 bridgehead atoms. The average Bonchev–Trinajstić information content (AvgIpc) is 2.92. The molecule has 0 fully saturated rings. The van der Waals surface area contributed by atoms with Crippen molar-refractivity contribution in [2.24, 2.45) is 0 Å². The summed E-state index contributed by atoms with van der Waals surface area (Å²) in [5, 5.41) is 0.542. The molecule has 230 valence electrons. The van der Waals surface area contributed by atoms with Gasteiger partial charge in [-0.15, -0.1) is 9.24 Å². The van der Waals surface area contributed by atoms with Crippen molar-refractivity contribution in [2.45, 2.75) is 238 Å². The second-order valence-electron chi connectivity index (χ2n) is 13.2. The van der Waals surface area contributed by atoms with E-state index >= 15 is 0 Å². The van der Waals surface area contributed by atoms with Gasteiger partial charge in [-0.3, -0.25) is 0 Å². The van der Waals surface area contributed by atoms with E-state index in [1.165, 1.54) is 212 Å². The molecule has 0 aromatic rings. The van der Waals surface area contributed by atoms with Gasteiger partial charge in [-0.2, -0.15) is 0 Å². The summed E-state index contributed by atoms with van der Waals surface area (Å²) >= 11 is 0. The molecule has 0 N–H and O–H groups in total. The molecule has 0 aliphatic heterocycles. The second kappa shape index (κ2) is 32.0. The van der Waals surface area contributed by atoms with Crippen molar-refractivity contribution in [3.05, 3.63) is 0 Å². The van der Waals surface area contributed by atoms with Gasteiger partial charge in [0.05, 0.1) is 0 Å². The van der Waals surface area contributed by atoms with Crippen LogP contribution in [-0.4, -0.2) is 5.16 Å². The lowest BCUT2D eigenvalue weighted by Gasteiger charge is -2.30. The number of rotatable bonds is 33. The highest BCUT2D eigenvalue weighted by Gasteiger charge is 2.23. The first kappa shape index (κ1) is 38.4. The van der Waals surface area contributed by atoms with Gasteiger partial charge in [0.15, 0.2) is 0 Å². The first-order chi connectivity index (χ1) is 18.7. The van der Waals surface area contributed by atoms with Gasteiger partial charge in [-0.1, -0.05) is 213 Å². The van der Waals surface area contributed by atoms with Crippen LogP contribution in [0, 0.1) is 0 Å². The first-order valence-corrected chi connectivity index (χ1v) is 19.0. The zero-order valence-electron chi connectivity index (χ0n) is 27.4. The highest BCUT2D eigenvalue weighted by molar-refractivity contribution is 7.19. The Kier molecular flexibility index (Phi) is 32.3. The Hall–Kier alpha value is 0.430. The normalized spacial score (nSPS) is 12.0. The maximum absolute atomic E-state index is 3.41. The zero-order valence-corrected chi connectivity index (χ0v) is 28.6. The summed E-state index contributed by atoms with van der Waals surface area (Å²) in [5.41, 5.74) is 0. The van der Waals surface area contributed by atoms with Crippen molar-refractivity contribution in [2.75, 3.05) is 0 Å². The van der Waals surface area contributed by atoms with Crippen LogP contribution in [0.5, 0.6) is 0 Å². The highest BCUT2D eigenvalue weighted by Crippen LogP contribution is 2.37. The van der Waals surface area contributed by atoms with E-state index in [2.05, 4.69) is 30.0 Å². The largest absolute Gasteiger partial charge is 0.131 e. The van der Waals surface area contributed by atoms with E-state index in [-0.39, 0.29) is 0 Å². The summed E-state index contributed by atoms with van der Waals surface area (Å²) in [6.45, 7) is 6.96. The average molecular weight is 553 g/mol. The Balaban J connectivity index is 4.06. The standard InChI is InChI=1S/C37H77P/c1-4-7-10-13-16-19-22-25-28-31-34-37(38,35-32-29-26-23-20-17-14-11-8-5-2)36-33-30-27-24-21-18-15-12-9-6-3/h4-36,38H2,1-3H3. The summed E-state index contributed by atoms with van der Waals surface area (Å²) < 4.78 is 0. The number of unbranched alkanes of at least 4 members (excludes halogenated alkanes) is 27. The minimum atomic E-state index is 0.542. The SMILES string of the molecule is CCCCCCCCCCCCC(P)(CCCCCCCCCCCC)CCCCCCCCCCCC. The van der Waals surface area contributed by atoms with E-state index < -0.39 is 0 Å². The van der Waals surface area contributed by atoms with Gasteiger partial charge in [-0.05, 0) is 24.4 Å². The van der Waals surface area contributed by atoms with E-state index in [4.69, 9.17) is 0 Å². The van der Waals surface area contributed by atoms with E-state index in [1.54, 1.807) is 0 Å². The molecule has 0 aromatic carbocycles. The predicted molar refractivity (Wildman–Crippen MR) is 182 cm³/mol. The lowest BCUT2D eigenvalue weighted by atomic mass is 9.88. The highest BCUT2D eigenvalue weighted by atomic mass is 31.0. The topological polar surface area (TPSA) is 0 Å². The Labute approximate surface area is 246 Å². The van der Waals surface area contributed by atoms with E-state index in [9.17, 15) is 0 Å². The number of hydrogen-bond acceptors (Lipinski definition) is 0. The molecule has 1 heteroatoms. The molecule has 0 aliphatic rings. The van der Waals surface area contributed by atoms with Gasteiger partial charge in [0.25, 0.3) is 0 Å². The van der Waals surface area contributed by atoms with Crippen LogP contribution in [0.3, 0.4) is 0 Å². The van der Waals surface area contributed by atoms with Gasteiger partial charge in [0.1, 0.15) is 0 Å². The summed E-state index contributed by atoms with van der Waals surface area (Å²) in [6.07, 6.45) is 48.2. The molecule has 1 unspecified atom stereocenters. The summed E-state index contributed by atoms with van der Waals surface area (Å²) in [5.74, 6) is 0. The predicted octanol–water partition coefficient (Wildman–Crippen LogP) is 14.5. The minimum absolute atomic E-state index is 0.542. The first-order valence-electron chi connectivity index (χ1n) is 18.5. The van der Waals surface area contributed by atoms with Gasteiger partial charge in [-0.25, -0.2) is 0 Å². The summed E-state index contributed by atoms with van der Waals surface area (Å²) in [6, 6.07) is 0. The van der Waals surface area contributed by atoms with Crippen LogP contribution in [0.25, 0.3) is 0 Å². The monoisotopic (exact) mass is 553 g/mol. The molecular formula is C37H77P. The molecule has 0 saturated heterocycles. The zero-order chi connectivity index (χ0) is 27.8. The third kappa shape index (κ3) is 29.4. The lowest BCUT2D eigenvalue weighted by molar-refractivity contribution is 0.401. The smallest absolute Gasteiger partial charge is 0.0150 e. The fourth-order valence-electron chi connectivity index (χ4n) is 6.27. The van der Waals surface area contributed by atoms with Crippen molar-refractivity contribution in [3.8, 4) is 0 Å². The molecular weight excluding hydrogens is 475 g/mol. The van der Waals surface area contributed by atoms with E-state index in [1.807, 2.05) is 0 Å². The second-order valence-corrected chi connectivity index (χ2v) is 14.4. The molecule has 0 saturated carbocycles. The summed E-state index contributed by atoms with van der Waals surface area (Å²) in [7, 11) is 3.41. The molecule has 0 rings (SSSR count). The van der Waals surface area contributed by atoms with Crippen LogP contribution in [0.1, 0.15) is 233 Å². The maximum atomic E-state index is 3.41. The van der Waals surface area contributed by atoms with Gasteiger partial charge < -0.3 is 0 Å². The van der Waals surface area contributed by atoms with Crippen LogP contribution < -0.4 is 0 Å². The molecule has 1 atom stereocenters. The van der Waals surface area contributed by atoms with E-state index in [0.29, 0.717) is 5.16 Å². The van der Waals surface area contributed by atoms with Gasteiger partial charge in [0, 0.05) is 0 Å². The van der Waals surface area contributed by atoms with Crippen molar-refractivity contribution in [1.82, 2.24) is 0 Å². The van der Waals surface area contributed by atoms with Gasteiger partial charge >= 0.3 is 0 Å². The van der Waals surface area contributed by atoms with Crippen LogP contribution in [0.15, 0.2) is 0 Å². The van der Waals surface area contributed by atoms with Crippen LogP contribution in [0.2, 0.25) is 0 Å². The van der Waals surface area contributed by atoms with Crippen molar-refractivity contribution >= 4 is 9.24 Å². The Morgan fingerprint density at radius 2 is 0.421 bits per heavy atom. The quantitative estimate of drug-likeness (QED) is 0.0561. The van der Waals surface area contributed by atoms with Crippen molar-refractivity contribution in [3.63, 3.8) is 0 Å².